The number of hydrogen-bond donors (Lipinski definition) is 1. The van der Waals surface area contributed by atoms with E-state index < -0.39 is 6.10 Å². The first kappa shape index (κ1) is 13.9. The van der Waals surface area contributed by atoms with E-state index in [0.29, 0.717) is 16.0 Å². The average Bonchev–Trinajstić information content (AvgIpc) is 2.30. The highest BCUT2D eigenvalue weighted by Gasteiger charge is 2.27. The summed E-state index contributed by atoms with van der Waals surface area (Å²) < 4.78 is 0. The van der Waals surface area contributed by atoms with E-state index in [2.05, 4.69) is 19.9 Å². The molecule has 0 aliphatic heterocycles. The fraction of sp³-hybridized carbons (Fsp3) is 0.467. The molecule has 0 amide bonds. The average molecular weight is 285 g/mol. The Morgan fingerprint density at radius 1 is 1.33 bits per heavy atom. The Morgan fingerprint density at radius 3 is 2.72 bits per heavy atom. The first-order chi connectivity index (χ1) is 8.47. The van der Waals surface area contributed by atoms with E-state index in [0.717, 1.165) is 18.4 Å². The second-order valence-electron chi connectivity index (χ2n) is 5.30. The second-order valence-corrected chi connectivity index (χ2v) is 6.14. The quantitative estimate of drug-likeness (QED) is 0.756. The van der Waals surface area contributed by atoms with Gasteiger partial charge in [0.2, 0.25) is 0 Å². The molecule has 18 heavy (non-hydrogen) atoms. The summed E-state index contributed by atoms with van der Waals surface area (Å²) in [5.41, 5.74) is 2.09. The Morgan fingerprint density at radius 2 is 2.06 bits per heavy atom. The normalized spacial score (nSPS) is 25.7. The lowest BCUT2D eigenvalue weighted by molar-refractivity contribution is 0.0933. The van der Waals surface area contributed by atoms with Gasteiger partial charge in [0.15, 0.2) is 0 Å². The molecule has 0 fully saturated rings. The van der Waals surface area contributed by atoms with Gasteiger partial charge < -0.3 is 5.11 Å². The van der Waals surface area contributed by atoms with Crippen molar-refractivity contribution >= 4 is 23.2 Å². The van der Waals surface area contributed by atoms with Crippen LogP contribution in [0, 0.1) is 11.8 Å². The molecule has 3 atom stereocenters. The zero-order chi connectivity index (χ0) is 13.3. The minimum absolute atomic E-state index is 0.223. The van der Waals surface area contributed by atoms with Crippen molar-refractivity contribution in [2.45, 2.75) is 32.8 Å². The van der Waals surface area contributed by atoms with Crippen molar-refractivity contribution in [2.75, 3.05) is 0 Å². The van der Waals surface area contributed by atoms with Crippen LogP contribution in [0.4, 0.5) is 0 Å². The molecule has 1 aromatic carbocycles. The molecule has 0 heterocycles. The summed E-state index contributed by atoms with van der Waals surface area (Å²) in [7, 11) is 0. The minimum Gasteiger partial charge on any atom is -0.388 e. The smallest absolute Gasteiger partial charge is 0.0836 e. The molecule has 0 aromatic heterocycles. The number of aliphatic hydroxyl groups excluding tert-OH is 1. The predicted molar refractivity (Wildman–Crippen MR) is 77.1 cm³/mol. The Bertz CT molecular complexity index is 468. The molecule has 1 N–H and O–H groups in total. The number of rotatable bonds is 2. The van der Waals surface area contributed by atoms with E-state index in [9.17, 15) is 5.11 Å². The number of benzene rings is 1. The molecule has 1 nitrogen and oxygen atoms in total. The van der Waals surface area contributed by atoms with Crippen molar-refractivity contribution < 1.29 is 5.11 Å². The molecule has 0 radical (unpaired) electrons. The van der Waals surface area contributed by atoms with Gasteiger partial charge in [-0.1, -0.05) is 41.8 Å². The van der Waals surface area contributed by atoms with E-state index in [1.165, 1.54) is 5.57 Å². The third kappa shape index (κ3) is 3.09. The Labute approximate surface area is 118 Å². The summed E-state index contributed by atoms with van der Waals surface area (Å²) in [4.78, 5) is 0. The van der Waals surface area contributed by atoms with Crippen LogP contribution < -0.4 is 0 Å². The van der Waals surface area contributed by atoms with Crippen LogP contribution in [0.15, 0.2) is 29.8 Å². The van der Waals surface area contributed by atoms with Gasteiger partial charge in [-0.05, 0) is 49.8 Å². The molecule has 3 heteroatoms. The second kappa shape index (κ2) is 5.64. The maximum absolute atomic E-state index is 10.5. The predicted octanol–water partition coefficient (Wildman–Crippen LogP) is 5.02. The van der Waals surface area contributed by atoms with Crippen molar-refractivity contribution in [3.05, 3.63) is 45.5 Å². The summed E-state index contributed by atoms with van der Waals surface area (Å²) in [6.07, 6.45) is 3.65. The maximum atomic E-state index is 10.5. The minimum atomic E-state index is -0.540. The molecular weight excluding hydrogens is 267 g/mol. The Kier molecular flexibility index (Phi) is 4.37. The van der Waals surface area contributed by atoms with E-state index in [1.54, 1.807) is 18.2 Å². The van der Waals surface area contributed by atoms with E-state index in [4.69, 9.17) is 23.2 Å². The lowest BCUT2D eigenvalue weighted by atomic mass is 9.79. The number of hydrogen-bond acceptors (Lipinski definition) is 1. The molecular formula is C15H18Cl2O. The Hall–Kier alpha value is -0.500. The maximum Gasteiger partial charge on any atom is 0.0836 e. The van der Waals surface area contributed by atoms with Crippen LogP contribution in [0.25, 0.3) is 0 Å². The zero-order valence-electron chi connectivity index (χ0n) is 10.7. The third-order valence-corrected chi connectivity index (χ3v) is 4.13. The van der Waals surface area contributed by atoms with Gasteiger partial charge >= 0.3 is 0 Å². The van der Waals surface area contributed by atoms with E-state index in [1.807, 2.05) is 0 Å². The third-order valence-electron chi connectivity index (χ3n) is 3.55. The first-order valence-corrected chi connectivity index (χ1v) is 7.03. The van der Waals surface area contributed by atoms with Crippen LogP contribution in [0.2, 0.25) is 10.0 Å². The van der Waals surface area contributed by atoms with Gasteiger partial charge in [-0.25, -0.2) is 0 Å². The zero-order valence-corrected chi connectivity index (χ0v) is 12.2. The van der Waals surface area contributed by atoms with Crippen molar-refractivity contribution in [3.8, 4) is 0 Å². The SMILES string of the molecule is CC1=CC(C)CC(C(O)c2cc(Cl)ccc2Cl)C1. The van der Waals surface area contributed by atoms with Crippen LogP contribution in [0.5, 0.6) is 0 Å². The van der Waals surface area contributed by atoms with Crippen molar-refractivity contribution in [3.63, 3.8) is 0 Å². The van der Waals surface area contributed by atoms with Gasteiger partial charge in [-0.15, -0.1) is 0 Å². The highest BCUT2D eigenvalue weighted by Crippen LogP contribution is 2.39. The number of aliphatic hydroxyl groups is 1. The fourth-order valence-corrected chi connectivity index (χ4v) is 3.24. The fourth-order valence-electron chi connectivity index (χ4n) is 2.83. The molecule has 2 rings (SSSR count). The summed E-state index contributed by atoms with van der Waals surface area (Å²) >= 11 is 12.1. The van der Waals surface area contributed by atoms with Crippen molar-refractivity contribution in [1.82, 2.24) is 0 Å². The molecule has 1 aliphatic rings. The summed E-state index contributed by atoms with van der Waals surface area (Å²) in [5.74, 6) is 0.734. The van der Waals surface area contributed by atoms with Crippen LogP contribution >= 0.6 is 23.2 Å². The van der Waals surface area contributed by atoms with Crippen LogP contribution in [-0.4, -0.2) is 5.11 Å². The number of halogens is 2. The lowest BCUT2D eigenvalue weighted by Crippen LogP contribution is -2.19. The van der Waals surface area contributed by atoms with Crippen LogP contribution in [-0.2, 0) is 0 Å². The molecule has 1 aliphatic carbocycles. The molecule has 0 saturated heterocycles. The van der Waals surface area contributed by atoms with Gasteiger partial charge in [0, 0.05) is 15.6 Å². The number of allylic oxidation sites excluding steroid dienone is 2. The van der Waals surface area contributed by atoms with Gasteiger partial charge in [-0.2, -0.15) is 0 Å². The Balaban J connectivity index is 2.23. The van der Waals surface area contributed by atoms with Crippen molar-refractivity contribution in [1.29, 1.82) is 0 Å². The van der Waals surface area contributed by atoms with Crippen LogP contribution in [0.3, 0.4) is 0 Å². The first-order valence-electron chi connectivity index (χ1n) is 6.27. The van der Waals surface area contributed by atoms with Gasteiger partial charge in [0.1, 0.15) is 0 Å². The largest absolute Gasteiger partial charge is 0.388 e. The summed E-state index contributed by atoms with van der Waals surface area (Å²) in [6, 6.07) is 5.26. The lowest BCUT2D eigenvalue weighted by Gasteiger charge is -2.30. The summed E-state index contributed by atoms with van der Waals surface area (Å²) in [6.45, 7) is 4.30. The molecule has 3 unspecified atom stereocenters. The monoisotopic (exact) mass is 284 g/mol. The molecule has 98 valence electrons. The highest BCUT2D eigenvalue weighted by atomic mass is 35.5. The molecule has 0 spiro atoms. The molecule has 0 bridgehead atoms. The van der Waals surface area contributed by atoms with E-state index in [-0.39, 0.29) is 5.92 Å². The van der Waals surface area contributed by atoms with Crippen molar-refractivity contribution in [2.24, 2.45) is 11.8 Å². The van der Waals surface area contributed by atoms with Gasteiger partial charge in [-0.3, -0.25) is 0 Å². The van der Waals surface area contributed by atoms with Gasteiger partial charge in [0.25, 0.3) is 0 Å². The topological polar surface area (TPSA) is 20.2 Å². The van der Waals surface area contributed by atoms with Crippen LogP contribution in [0.1, 0.15) is 38.4 Å². The van der Waals surface area contributed by atoms with E-state index >= 15 is 0 Å². The standard InChI is InChI=1S/C15H18Cl2O/c1-9-5-10(2)7-11(6-9)15(18)13-8-12(16)3-4-14(13)17/h3-5,8-9,11,15,18H,6-7H2,1-2H3. The summed E-state index contributed by atoms with van der Waals surface area (Å²) in [5, 5.41) is 11.7. The molecule has 0 saturated carbocycles. The molecule has 1 aromatic rings. The highest BCUT2D eigenvalue weighted by molar-refractivity contribution is 6.33. The van der Waals surface area contributed by atoms with Gasteiger partial charge in [0.05, 0.1) is 6.10 Å².